The van der Waals surface area contributed by atoms with Crippen molar-refractivity contribution in [3.63, 3.8) is 0 Å². The van der Waals surface area contributed by atoms with Gasteiger partial charge in [-0.2, -0.15) is 0 Å². The van der Waals surface area contributed by atoms with Crippen LogP contribution in [0.25, 0.3) is 0 Å². The summed E-state index contributed by atoms with van der Waals surface area (Å²) in [4.78, 5) is 1.82. The van der Waals surface area contributed by atoms with Gasteiger partial charge in [-0.05, 0) is 20.0 Å². The normalized spacial score (nSPS) is 10.3. The van der Waals surface area contributed by atoms with E-state index in [-0.39, 0.29) is 5.82 Å². The van der Waals surface area contributed by atoms with E-state index < -0.39 is 0 Å². The van der Waals surface area contributed by atoms with Gasteiger partial charge in [0.1, 0.15) is 5.82 Å². The van der Waals surface area contributed by atoms with Crippen molar-refractivity contribution in [2.24, 2.45) is 0 Å². The molecular formula is C7H10FNS. The van der Waals surface area contributed by atoms with Gasteiger partial charge in [-0.15, -0.1) is 11.3 Å². The molecule has 0 saturated heterocycles. The Morgan fingerprint density at radius 3 is 2.80 bits per heavy atom. The molecule has 0 aliphatic heterocycles. The molecule has 0 radical (unpaired) electrons. The van der Waals surface area contributed by atoms with Gasteiger partial charge in [0.05, 0.1) is 0 Å². The molecule has 1 N–H and O–H groups in total. The maximum Gasteiger partial charge on any atom is 0.137 e. The summed E-state index contributed by atoms with van der Waals surface area (Å²) in [6, 6.07) is 1.58. The van der Waals surface area contributed by atoms with Crippen molar-refractivity contribution in [2.75, 3.05) is 7.05 Å². The van der Waals surface area contributed by atoms with E-state index in [1.807, 2.05) is 7.05 Å². The van der Waals surface area contributed by atoms with Crippen LogP contribution >= 0.6 is 11.3 Å². The third kappa shape index (κ3) is 1.55. The fourth-order valence-electron chi connectivity index (χ4n) is 0.779. The third-order valence-electron chi connectivity index (χ3n) is 1.26. The van der Waals surface area contributed by atoms with Crippen LogP contribution in [0.5, 0.6) is 0 Å². The smallest absolute Gasteiger partial charge is 0.137 e. The van der Waals surface area contributed by atoms with E-state index in [4.69, 9.17) is 0 Å². The zero-order chi connectivity index (χ0) is 7.56. The van der Waals surface area contributed by atoms with Gasteiger partial charge in [0.25, 0.3) is 0 Å². The van der Waals surface area contributed by atoms with Crippen molar-refractivity contribution in [2.45, 2.75) is 13.5 Å². The molecular weight excluding hydrogens is 149 g/mol. The number of aryl methyl sites for hydroxylation is 1. The van der Waals surface area contributed by atoms with Crippen LogP contribution in [-0.2, 0) is 6.54 Å². The molecule has 0 aliphatic carbocycles. The molecule has 0 spiro atoms. The quantitative estimate of drug-likeness (QED) is 0.695. The summed E-state index contributed by atoms with van der Waals surface area (Å²) in [6.45, 7) is 2.55. The van der Waals surface area contributed by atoms with E-state index >= 15 is 0 Å². The van der Waals surface area contributed by atoms with Gasteiger partial charge >= 0.3 is 0 Å². The first-order valence-corrected chi connectivity index (χ1v) is 3.95. The molecule has 1 aromatic rings. The van der Waals surface area contributed by atoms with E-state index in [9.17, 15) is 4.39 Å². The zero-order valence-electron chi connectivity index (χ0n) is 6.07. The molecule has 3 heteroatoms. The summed E-state index contributed by atoms with van der Waals surface area (Å²) in [6.07, 6.45) is 0. The fourth-order valence-corrected chi connectivity index (χ4v) is 1.71. The minimum absolute atomic E-state index is 0.0877. The van der Waals surface area contributed by atoms with Crippen LogP contribution in [0.4, 0.5) is 4.39 Å². The number of hydrogen-bond acceptors (Lipinski definition) is 2. The Bertz CT molecular complexity index is 200. The molecule has 56 valence electrons. The molecule has 0 atom stereocenters. The summed E-state index contributed by atoms with van der Waals surface area (Å²) < 4.78 is 12.6. The summed E-state index contributed by atoms with van der Waals surface area (Å²) in [5.74, 6) is -0.0877. The average Bonchev–Trinajstić information content (AvgIpc) is 2.14. The van der Waals surface area contributed by atoms with E-state index in [1.54, 1.807) is 13.0 Å². The lowest BCUT2D eigenvalue weighted by Gasteiger charge is -1.89. The van der Waals surface area contributed by atoms with Crippen LogP contribution < -0.4 is 5.32 Å². The van der Waals surface area contributed by atoms with Gasteiger partial charge in [0.2, 0.25) is 0 Å². The zero-order valence-corrected chi connectivity index (χ0v) is 6.89. The van der Waals surface area contributed by atoms with E-state index in [1.165, 1.54) is 11.3 Å². The first kappa shape index (κ1) is 7.69. The lowest BCUT2D eigenvalue weighted by Crippen LogP contribution is -2.02. The molecule has 10 heavy (non-hydrogen) atoms. The van der Waals surface area contributed by atoms with Crippen molar-refractivity contribution in [3.8, 4) is 0 Å². The minimum atomic E-state index is -0.0877. The van der Waals surface area contributed by atoms with Crippen molar-refractivity contribution < 1.29 is 4.39 Å². The highest BCUT2D eigenvalue weighted by molar-refractivity contribution is 7.11. The Labute approximate surface area is 63.9 Å². The summed E-state index contributed by atoms with van der Waals surface area (Å²) >= 11 is 1.50. The molecule has 0 aliphatic rings. The van der Waals surface area contributed by atoms with Crippen molar-refractivity contribution in [1.29, 1.82) is 0 Å². The van der Waals surface area contributed by atoms with Crippen LogP contribution in [0.1, 0.15) is 9.75 Å². The molecule has 0 aromatic carbocycles. The second-order valence-corrected chi connectivity index (χ2v) is 3.49. The molecule has 1 heterocycles. The topological polar surface area (TPSA) is 12.0 Å². The lowest BCUT2D eigenvalue weighted by molar-refractivity contribution is 0.624. The maximum atomic E-state index is 12.6. The highest BCUT2D eigenvalue weighted by atomic mass is 32.1. The van der Waals surface area contributed by atoms with Crippen LogP contribution in [-0.4, -0.2) is 7.05 Å². The Hall–Kier alpha value is -0.410. The van der Waals surface area contributed by atoms with E-state index in [2.05, 4.69) is 5.32 Å². The number of halogens is 1. The number of rotatable bonds is 2. The summed E-state index contributed by atoms with van der Waals surface area (Å²) in [5, 5.41) is 2.97. The predicted molar refractivity (Wildman–Crippen MR) is 41.8 cm³/mol. The molecule has 0 fully saturated rings. The van der Waals surface area contributed by atoms with Crippen LogP contribution in [0, 0.1) is 12.7 Å². The Morgan fingerprint density at radius 2 is 2.40 bits per heavy atom. The second-order valence-electron chi connectivity index (χ2n) is 2.15. The first-order chi connectivity index (χ1) is 4.74. The van der Waals surface area contributed by atoms with Crippen molar-refractivity contribution in [3.05, 3.63) is 21.6 Å². The first-order valence-electron chi connectivity index (χ1n) is 3.13. The van der Waals surface area contributed by atoms with Gasteiger partial charge < -0.3 is 5.32 Å². The summed E-state index contributed by atoms with van der Waals surface area (Å²) in [7, 11) is 1.85. The number of nitrogens with one attached hydrogen (secondary N) is 1. The van der Waals surface area contributed by atoms with Gasteiger partial charge in [-0.25, -0.2) is 4.39 Å². The average molecular weight is 159 g/mol. The minimum Gasteiger partial charge on any atom is -0.315 e. The van der Waals surface area contributed by atoms with E-state index in [0.717, 1.165) is 16.3 Å². The molecule has 0 unspecified atom stereocenters. The van der Waals surface area contributed by atoms with Gasteiger partial charge in [0, 0.05) is 16.3 Å². The SMILES string of the molecule is CNCc1cc(F)c(C)s1. The standard InChI is InChI=1S/C7H10FNS/c1-5-7(8)3-6(10-5)4-9-2/h3,9H,4H2,1-2H3. The van der Waals surface area contributed by atoms with Crippen molar-refractivity contribution >= 4 is 11.3 Å². The molecule has 1 nitrogen and oxygen atoms in total. The van der Waals surface area contributed by atoms with Crippen LogP contribution in [0.3, 0.4) is 0 Å². The molecule has 0 amide bonds. The van der Waals surface area contributed by atoms with Crippen LogP contribution in [0.2, 0.25) is 0 Å². The highest BCUT2D eigenvalue weighted by Gasteiger charge is 2.02. The molecule has 1 aromatic heterocycles. The Kier molecular flexibility index (Phi) is 2.40. The molecule has 0 bridgehead atoms. The maximum absolute atomic E-state index is 12.6. The Balaban J connectivity index is 2.77. The third-order valence-corrected chi connectivity index (χ3v) is 2.28. The monoisotopic (exact) mass is 159 g/mol. The van der Waals surface area contributed by atoms with Crippen molar-refractivity contribution in [1.82, 2.24) is 5.32 Å². The highest BCUT2D eigenvalue weighted by Crippen LogP contribution is 2.19. The second kappa shape index (κ2) is 3.12. The molecule has 1 rings (SSSR count). The fraction of sp³-hybridized carbons (Fsp3) is 0.429. The predicted octanol–water partition coefficient (Wildman–Crippen LogP) is 1.92. The number of hydrogen-bond donors (Lipinski definition) is 1. The molecule has 0 saturated carbocycles. The van der Waals surface area contributed by atoms with E-state index in [0.29, 0.717) is 0 Å². The van der Waals surface area contributed by atoms with Gasteiger partial charge in [0.15, 0.2) is 0 Å². The number of thiophene rings is 1. The summed E-state index contributed by atoms with van der Waals surface area (Å²) in [5.41, 5.74) is 0. The van der Waals surface area contributed by atoms with Gasteiger partial charge in [-0.1, -0.05) is 0 Å². The van der Waals surface area contributed by atoms with Gasteiger partial charge in [-0.3, -0.25) is 0 Å². The largest absolute Gasteiger partial charge is 0.315 e. The Morgan fingerprint density at radius 1 is 1.70 bits per heavy atom. The van der Waals surface area contributed by atoms with Crippen LogP contribution in [0.15, 0.2) is 6.07 Å². The lowest BCUT2D eigenvalue weighted by atomic mass is 10.4.